The van der Waals surface area contributed by atoms with Gasteiger partial charge in [0.1, 0.15) is 0 Å². The molecule has 110 valence electrons. The number of carboxylic acid groups (broad SMARTS) is 1. The Morgan fingerprint density at radius 3 is 2.35 bits per heavy atom. The third-order valence-corrected chi connectivity index (χ3v) is 3.81. The lowest BCUT2D eigenvalue weighted by atomic mass is 9.83. The number of benzene rings is 1. The molecule has 2 unspecified atom stereocenters. The Bertz CT molecular complexity index is 483. The monoisotopic (exact) mass is 342 g/mol. The van der Waals surface area contributed by atoms with Crippen molar-refractivity contribution in [3.8, 4) is 0 Å². The average molecular weight is 343 g/mol. The summed E-state index contributed by atoms with van der Waals surface area (Å²) in [7, 11) is 0. The van der Waals surface area contributed by atoms with E-state index in [4.69, 9.17) is 4.74 Å². The van der Waals surface area contributed by atoms with Crippen molar-refractivity contribution >= 4 is 27.9 Å². The second-order valence-corrected chi connectivity index (χ2v) is 5.98. The van der Waals surface area contributed by atoms with Gasteiger partial charge in [-0.05, 0) is 44.4 Å². The number of carbonyl (C=O) groups is 2. The number of hydrogen-bond acceptors (Lipinski definition) is 3. The normalized spacial score (nSPS) is 15.2. The average Bonchev–Trinajstić information content (AvgIpc) is 2.40. The zero-order chi connectivity index (χ0) is 15.3. The van der Waals surface area contributed by atoms with Gasteiger partial charge in [0.25, 0.3) is 0 Å². The third kappa shape index (κ3) is 4.07. The lowest BCUT2D eigenvalue weighted by Gasteiger charge is -2.24. The van der Waals surface area contributed by atoms with E-state index >= 15 is 0 Å². The molecule has 0 aliphatic heterocycles. The first-order chi connectivity index (χ1) is 9.29. The van der Waals surface area contributed by atoms with Gasteiger partial charge >= 0.3 is 11.9 Å². The molecule has 1 aromatic rings. The number of aliphatic carboxylic acids is 1. The molecule has 20 heavy (non-hydrogen) atoms. The molecule has 0 spiro atoms. The Morgan fingerprint density at radius 1 is 1.35 bits per heavy atom. The second kappa shape index (κ2) is 6.88. The topological polar surface area (TPSA) is 63.6 Å². The molecule has 0 saturated heterocycles. The van der Waals surface area contributed by atoms with Crippen LogP contribution in [0, 0.1) is 5.41 Å². The third-order valence-electron chi connectivity index (χ3n) is 3.28. The molecular weight excluding hydrogens is 324 g/mol. The van der Waals surface area contributed by atoms with E-state index in [1.54, 1.807) is 19.1 Å². The van der Waals surface area contributed by atoms with Crippen LogP contribution in [0.4, 0.5) is 0 Å². The van der Waals surface area contributed by atoms with Crippen LogP contribution in [0.3, 0.4) is 0 Å². The summed E-state index contributed by atoms with van der Waals surface area (Å²) in [6.07, 6.45) is 0.469. The Balaban J connectivity index is 2.94. The van der Waals surface area contributed by atoms with Gasteiger partial charge in [0.2, 0.25) is 0 Å². The summed E-state index contributed by atoms with van der Waals surface area (Å²) < 4.78 is 6.10. The quantitative estimate of drug-likeness (QED) is 0.635. The molecule has 0 aromatic heterocycles. The minimum Gasteiger partial charge on any atom is -0.480 e. The van der Waals surface area contributed by atoms with Gasteiger partial charge in [-0.15, -0.1) is 0 Å². The summed E-state index contributed by atoms with van der Waals surface area (Å²) in [5.74, 6) is -1.86. The van der Waals surface area contributed by atoms with Gasteiger partial charge in [0.05, 0.1) is 6.10 Å². The number of hydrogen-bond donors (Lipinski definition) is 1. The van der Waals surface area contributed by atoms with Crippen molar-refractivity contribution in [3.63, 3.8) is 0 Å². The fraction of sp³-hybridized carbons (Fsp3) is 0.467. The van der Waals surface area contributed by atoms with Gasteiger partial charge in [0, 0.05) is 4.47 Å². The lowest BCUT2D eigenvalue weighted by Crippen LogP contribution is -2.41. The van der Waals surface area contributed by atoms with E-state index < -0.39 is 17.4 Å². The maximum absolute atomic E-state index is 12.1. The van der Waals surface area contributed by atoms with Gasteiger partial charge in [-0.25, -0.2) is 0 Å². The van der Waals surface area contributed by atoms with Crippen molar-refractivity contribution < 1.29 is 19.4 Å². The molecule has 0 bridgehead atoms. The predicted octanol–water partition coefficient (Wildman–Crippen LogP) is 3.42. The summed E-state index contributed by atoms with van der Waals surface area (Å²) in [6, 6.07) is 7.22. The van der Waals surface area contributed by atoms with Crippen LogP contribution in [0.1, 0.15) is 32.8 Å². The highest BCUT2D eigenvalue weighted by Crippen LogP contribution is 2.26. The zero-order valence-corrected chi connectivity index (χ0v) is 13.4. The van der Waals surface area contributed by atoms with Gasteiger partial charge < -0.3 is 9.84 Å². The molecule has 0 heterocycles. The van der Waals surface area contributed by atoms with Crippen molar-refractivity contribution in [2.24, 2.45) is 5.41 Å². The maximum Gasteiger partial charge on any atom is 0.323 e. The molecule has 0 fully saturated rings. The maximum atomic E-state index is 12.1. The molecule has 1 rings (SSSR count). The van der Waals surface area contributed by atoms with Crippen molar-refractivity contribution in [2.45, 2.75) is 39.7 Å². The molecule has 0 aliphatic carbocycles. The van der Waals surface area contributed by atoms with E-state index in [2.05, 4.69) is 15.9 Å². The molecule has 2 atom stereocenters. The molecule has 1 N–H and O–H groups in total. The van der Waals surface area contributed by atoms with E-state index in [1.165, 1.54) is 6.92 Å². The van der Waals surface area contributed by atoms with Crippen LogP contribution in [-0.4, -0.2) is 23.1 Å². The van der Waals surface area contributed by atoms with Crippen LogP contribution in [0.25, 0.3) is 0 Å². The molecule has 1 aromatic carbocycles. The molecule has 0 aliphatic rings. The fourth-order valence-electron chi connectivity index (χ4n) is 1.64. The van der Waals surface area contributed by atoms with Crippen molar-refractivity contribution in [1.29, 1.82) is 0 Å². The first kappa shape index (κ1) is 16.7. The number of carbonyl (C=O) groups excluding carboxylic acids is 1. The highest BCUT2D eigenvalue weighted by molar-refractivity contribution is 9.10. The highest BCUT2D eigenvalue weighted by Gasteiger charge is 2.43. The van der Waals surface area contributed by atoms with Crippen LogP contribution in [0.15, 0.2) is 28.7 Å². The number of esters is 1. The van der Waals surface area contributed by atoms with E-state index in [1.807, 2.05) is 19.1 Å². The fourth-order valence-corrected chi connectivity index (χ4v) is 1.91. The number of ether oxygens (including phenoxy) is 1. The van der Waals surface area contributed by atoms with E-state index in [0.29, 0.717) is 6.42 Å². The Hall–Kier alpha value is -1.36. The summed E-state index contributed by atoms with van der Waals surface area (Å²) in [5.41, 5.74) is -0.795. The largest absolute Gasteiger partial charge is 0.480 e. The molecule has 0 radical (unpaired) electrons. The van der Waals surface area contributed by atoms with Crippen LogP contribution in [0.5, 0.6) is 0 Å². The first-order valence-corrected chi connectivity index (χ1v) is 7.27. The van der Waals surface area contributed by atoms with E-state index in [-0.39, 0.29) is 12.5 Å². The predicted molar refractivity (Wildman–Crippen MR) is 79.4 cm³/mol. The van der Waals surface area contributed by atoms with Gasteiger partial charge in [-0.3, -0.25) is 9.59 Å². The van der Waals surface area contributed by atoms with Gasteiger partial charge in [-0.2, -0.15) is 0 Å². The van der Waals surface area contributed by atoms with Crippen molar-refractivity contribution in [3.05, 3.63) is 34.3 Å². The van der Waals surface area contributed by atoms with Crippen LogP contribution in [-0.2, 0) is 20.7 Å². The van der Waals surface area contributed by atoms with Gasteiger partial charge in [-0.1, -0.05) is 35.0 Å². The number of halogens is 1. The van der Waals surface area contributed by atoms with Crippen LogP contribution < -0.4 is 0 Å². The Morgan fingerprint density at radius 2 is 1.90 bits per heavy atom. The minimum absolute atomic E-state index is 0.102. The number of carboxylic acids is 1. The van der Waals surface area contributed by atoms with Crippen LogP contribution in [0.2, 0.25) is 0 Å². The summed E-state index contributed by atoms with van der Waals surface area (Å²) in [5, 5.41) is 9.39. The van der Waals surface area contributed by atoms with Crippen molar-refractivity contribution in [1.82, 2.24) is 0 Å². The molecule has 5 heteroatoms. The standard InChI is InChI=1S/C15H19BrO4/c1-4-10(2)20-14(19)15(3,13(17)18)9-11-5-7-12(16)8-6-11/h5-8,10H,4,9H2,1-3H3,(H,17,18). The second-order valence-electron chi connectivity index (χ2n) is 5.06. The Labute approximate surface area is 127 Å². The molecule has 0 saturated carbocycles. The Kier molecular flexibility index (Phi) is 5.74. The SMILES string of the molecule is CCC(C)OC(=O)C(C)(Cc1ccc(Br)cc1)C(=O)O. The van der Waals surface area contributed by atoms with Crippen molar-refractivity contribution in [2.75, 3.05) is 0 Å². The zero-order valence-electron chi connectivity index (χ0n) is 11.9. The summed E-state index contributed by atoms with van der Waals surface area (Å²) >= 11 is 3.32. The summed E-state index contributed by atoms with van der Waals surface area (Å²) in [6.45, 7) is 5.03. The summed E-state index contributed by atoms with van der Waals surface area (Å²) in [4.78, 5) is 23.6. The van der Waals surface area contributed by atoms with E-state index in [9.17, 15) is 14.7 Å². The van der Waals surface area contributed by atoms with Gasteiger partial charge in [0.15, 0.2) is 5.41 Å². The molecular formula is C15H19BrO4. The number of rotatable bonds is 6. The lowest BCUT2D eigenvalue weighted by molar-refractivity contribution is -0.170. The smallest absolute Gasteiger partial charge is 0.323 e. The first-order valence-electron chi connectivity index (χ1n) is 6.48. The minimum atomic E-state index is -1.57. The van der Waals surface area contributed by atoms with E-state index in [0.717, 1.165) is 10.0 Å². The van der Waals surface area contributed by atoms with Crippen LogP contribution >= 0.6 is 15.9 Å². The highest BCUT2D eigenvalue weighted by atomic mass is 79.9. The molecule has 0 amide bonds. The molecule has 4 nitrogen and oxygen atoms in total.